The first-order valence-electron chi connectivity index (χ1n) is 6.75. The average molecular weight is 320 g/mol. The van der Waals surface area contributed by atoms with Crippen molar-refractivity contribution in [1.29, 1.82) is 0 Å². The third-order valence-electron chi connectivity index (χ3n) is 4.05. The van der Waals surface area contributed by atoms with Crippen molar-refractivity contribution >= 4 is 33.0 Å². The predicted molar refractivity (Wildman–Crippen MR) is 79.1 cm³/mol. The Bertz CT molecular complexity index is 498. The van der Waals surface area contributed by atoms with E-state index >= 15 is 0 Å². The standard InChI is InChI=1S/C12H20N2O4S2/c13-10(19)12(3-5-18-6-4-12)11(15)14-9-2-1-7-20(16,17)8-9/h9H,1-8H2,(H2,13,19)(H,14,15). The molecule has 114 valence electrons. The Morgan fingerprint density at radius 2 is 2.00 bits per heavy atom. The molecule has 8 heteroatoms. The molecule has 0 spiro atoms. The number of carbonyl (C=O) groups is 1. The molecule has 0 saturated carbocycles. The van der Waals surface area contributed by atoms with E-state index in [0.717, 1.165) is 0 Å². The summed E-state index contributed by atoms with van der Waals surface area (Å²) in [5.41, 5.74) is 4.86. The fraction of sp³-hybridized carbons (Fsp3) is 0.833. The van der Waals surface area contributed by atoms with E-state index in [4.69, 9.17) is 22.7 Å². The fourth-order valence-corrected chi connectivity index (χ4v) is 4.70. The molecular weight excluding hydrogens is 300 g/mol. The maximum atomic E-state index is 12.5. The summed E-state index contributed by atoms with van der Waals surface area (Å²) in [6.07, 6.45) is 2.16. The molecule has 1 atom stereocenters. The molecule has 2 saturated heterocycles. The van der Waals surface area contributed by atoms with Crippen LogP contribution in [0.15, 0.2) is 0 Å². The summed E-state index contributed by atoms with van der Waals surface area (Å²) >= 11 is 5.06. The first-order valence-corrected chi connectivity index (χ1v) is 8.98. The number of sulfone groups is 1. The third-order valence-corrected chi connectivity index (χ3v) is 6.26. The molecule has 2 fully saturated rings. The number of rotatable bonds is 3. The van der Waals surface area contributed by atoms with Crippen LogP contribution in [0.2, 0.25) is 0 Å². The molecule has 0 aromatic carbocycles. The van der Waals surface area contributed by atoms with Gasteiger partial charge in [-0.3, -0.25) is 4.79 Å². The average Bonchev–Trinajstić information content (AvgIpc) is 2.38. The van der Waals surface area contributed by atoms with Gasteiger partial charge in [0.05, 0.1) is 16.5 Å². The lowest BCUT2D eigenvalue weighted by atomic mass is 9.79. The van der Waals surface area contributed by atoms with E-state index in [1.165, 1.54) is 0 Å². The highest BCUT2D eigenvalue weighted by molar-refractivity contribution is 7.91. The van der Waals surface area contributed by atoms with Gasteiger partial charge >= 0.3 is 0 Å². The van der Waals surface area contributed by atoms with Crippen LogP contribution >= 0.6 is 12.2 Å². The molecule has 0 radical (unpaired) electrons. The molecule has 2 heterocycles. The van der Waals surface area contributed by atoms with Crippen LogP contribution in [0.5, 0.6) is 0 Å². The van der Waals surface area contributed by atoms with Crippen molar-refractivity contribution in [2.75, 3.05) is 24.7 Å². The van der Waals surface area contributed by atoms with Crippen molar-refractivity contribution in [2.45, 2.75) is 31.7 Å². The van der Waals surface area contributed by atoms with Gasteiger partial charge in [0.2, 0.25) is 5.91 Å². The van der Waals surface area contributed by atoms with Gasteiger partial charge in [0.25, 0.3) is 0 Å². The number of nitrogens with two attached hydrogens (primary N) is 1. The number of hydrogen-bond acceptors (Lipinski definition) is 5. The van der Waals surface area contributed by atoms with Crippen molar-refractivity contribution in [1.82, 2.24) is 5.32 Å². The van der Waals surface area contributed by atoms with Gasteiger partial charge in [-0.05, 0) is 25.7 Å². The van der Waals surface area contributed by atoms with E-state index in [1.54, 1.807) is 0 Å². The van der Waals surface area contributed by atoms with Gasteiger partial charge in [-0.1, -0.05) is 12.2 Å². The largest absolute Gasteiger partial charge is 0.392 e. The van der Waals surface area contributed by atoms with Gasteiger partial charge in [0.1, 0.15) is 5.41 Å². The second kappa shape index (κ2) is 5.95. The lowest BCUT2D eigenvalue weighted by Crippen LogP contribution is -2.55. The van der Waals surface area contributed by atoms with Crippen molar-refractivity contribution in [3.05, 3.63) is 0 Å². The lowest BCUT2D eigenvalue weighted by molar-refractivity contribution is -0.132. The van der Waals surface area contributed by atoms with E-state index in [-0.39, 0.29) is 28.4 Å². The van der Waals surface area contributed by atoms with E-state index in [9.17, 15) is 13.2 Å². The summed E-state index contributed by atoms with van der Waals surface area (Å²) in [6.45, 7) is 0.876. The Morgan fingerprint density at radius 3 is 2.55 bits per heavy atom. The summed E-state index contributed by atoms with van der Waals surface area (Å²) in [5, 5.41) is 2.83. The van der Waals surface area contributed by atoms with Crippen LogP contribution in [-0.2, 0) is 19.4 Å². The molecule has 0 bridgehead atoms. The number of ether oxygens (including phenoxy) is 1. The van der Waals surface area contributed by atoms with Crippen molar-refractivity contribution < 1.29 is 17.9 Å². The molecule has 0 aromatic rings. The van der Waals surface area contributed by atoms with Crippen molar-refractivity contribution in [3.63, 3.8) is 0 Å². The van der Waals surface area contributed by atoms with Crippen molar-refractivity contribution in [3.8, 4) is 0 Å². The van der Waals surface area contributed by atoms with Crippen LogP contribution in [-0.4, -0.2) is 50.1 Å². The SMILES string of the molecule is NC(=S)C1(C(=O)NC2CCCS(=O)(=O)C2)CCOCC1. The summed E-state index contributed by atoms with van der Waals surface area (Å²) in [4.78, 5) is 12.7. The molecule has 6 nitrogen and oxygen atoms in total. The number of amides is 1. The number of nitrogens with one attached hydrogen (secondary N) is 1. The highest BCUT2D eigenvalue weighted by Gasteiger charge is 2.44. The minimum absolute atomic E-state index is 0.00263. The van der Waals surface area contributed by atoms with Gasteiger partial charge < -0.3 is 15.8 Å². The molecule has 1 amide bonds. The maximum Gasteiger partial charge on any atom is 0.233 e. The molecule has 2 rings (SSSR count). The summed E-state index contributed by atoms with van der Waals surface area (Å²) < 4.78 is 28.5. The second-order valence-electron chi connectivity index (χ2n) is 5.49. The van der Waals surface area contributed by atoms with Gasteiger partial charge in [-0.15, -0.1) is 0 Å². The molecule has 0 aromatic heterocycles. The van der Waals surface area contributed by atoms with Gasteiger partial charge in [0, 0.05) is 19.3 Å². The van der Waals surface area contributed by atoms with Crippen LogP contribution in [0.4, 0.5) is 0 Å². The Balaban J connectivity index is 2.07. The van der Waals surface area contributed by atoms with Crippen LogP contribution in [0, 0.1) is 5.41 Å². The van der Waals surface area contributed by atoms with Crippen LogP contribution in [0.1, 0.15) is 25.7 Å². The third kappa shape index (κ3) is 3.29. The summed E-state index contributed by atoms with van der Waals surface area (Å²) in [6, 6.07) is -0.338. The minimum atomic E-state index is -3.05. The molecule has 0 aliphatic carbocycles. The summed E-state index contributed by atoms with van der Waals surface area (Å²) in [7, 11) is -3.05. The zero-order valence-electron chi connectivity index (χ0n) is 11.3. The van der Waals surface area contributed by atoms with Gasteiger partial charge in [-0.2, -0.15) is 0 Å². The van der Waals surface area contributed by atoms with E-state index < -0.39 is 15.3 Å². The quantitative estimate of drug-likeness (QED) is 0.697. The Labute approximate surface area is 124 Å². The van der Waals surface area contributed by atoms with Gasteiger partial charge in [-0.25, -0.2) is 8.42 Å². The topological polar surface area (TPSA) is 98.5 Å². The second-order valence-corrected chi connectivity index (χ2v) is 8.15. The monoisotopic (exact) mass is 320 g/mol. The van der Waals surface area contributed by atoms with Crippen LogP contribution in [0.25, 0.3) is 0 Å². The predicted octanol–water partition coefficient (Wildman–Crippen LogP) is -0.237. The number of thiocarbonyl (C=S) groups is 1. The van der Waals surface area contributed by atoms with Crippen LogP contribution in [0.3, 0.4) is 0 Å². The molecule has 20 heavy (non-hydrogen) atoms. The zero-order chi connectivity index (χ0) is 14.8. The normalized spacial score (nSPS) is 28.5. The Hall–Kier alpha value is -0.730. The van der Waals surface area contributed by atoms with E-state index in [2.05, 4.69) is 5.32 Å². The molecule has 1 unspecified atom stereocenters. The van der Waals surface area contributed by atoms with Crippen LogP contribution < -0.4 is 11.1 Å². The molecular formula is C12H20N2O4S2. The minimum Gasteiger partial charge on any atom is -0.392 e. The smallest absolute Gasteiger partial charge is 0.233 e. The Morgan fingerprint density at radius 1 is 1.35 bits per heavy atom. The van der Waals surface area contributed by atoms with Gasteiger partial charge in [0.15, 0.2) is 9.84 Å². The fourth-order valence-electron chi connectivity index (χ4n) is 2.77. The molecule has 3 N–H and O–H groups in total. The van der Waals surface area contributed by atoms with E-state index in [1.807, 2.05) is 0 Å². The Kier molecular flexibility index (Phi) is 4.66. The van der Waals surface area contributed by atoms with Crippen molar-refractivity contribution in [2.24, 2.45) is 11.1 Å². The highest BCUT2D eigenvalue weighted by Crippen LogP contribution is 2.31. The summed E-state index contributed by atoms with van der Waals surface area (Å²) in [5.74, 6) is -0.0496. The zero-order valence-corrected chi connectivity index (χ0v) is 12.9. The first kappa shape index (κ1) is 15.7. The highest BCUT2D eigenvalue weighted by atomic mass is 32.2. The first-order chi connectivity index (χ1) is 9.36. The molecule has 2 aliphatic rings. The maximum absolute atomic E-state index is 12.5. The number of hydrogen-bond donors (Lipinski definition) is 2. The van der Waals surface area contributed by atoms with E-state index in [0.29, 0.717) is 38.9 Å². The lowest BCUT2D eigenvalue weighted by Gasteiger charge is -2.36. The number of carbonyl (C=O) groups excluding carboxylic acids is 1. The molecule has 2 aliphatic heterocycles.